The molecule has 2 N–H and O–H groups in total. The SMILES string of the molecule is CCCn1cc(S(N)(=O)=O)cc1C(=O)N1CCCC1CC. The van der Waals surface area contributed by atoms with Gasteiger partial charge in [0, 0.05) is 25.3 Å². The molecule has 118 valence electrons. The van der Waals surface area contributed by atoms with Crippen LogP contribution in [0.15, 0.2) is 17.2 Å². The third-order valence-corrected chi connectivity index (χ3v) is 4.87. The average Bonchev–Trinajstić information content (AvgIpc) is 3.03. The van der Waals surface area contributed by atoms with Crippen molar-refractivity contribution >= 4 is 15.9 Å². The fourth-order valence-corrected chi connectivity index (χ4v) is 3.47. The van der Waals surface area contributed by atoms with Gasteiger partial charge in [0.1, 0.15) is 10.6 Å². The number of aromatic nitrogens is 1. The van der Waals surface area contributed by atoms with Crippen LogP contribution in [0, 0.1) is 0 Å². The second kappa shape index (κ2) is 6.19. The smallest absolute Gasteiger partial charge is 0.270 e. The van der Waals surface area contributed by atoms with Crippen LogP contribution < -0.4 is 5.14 Å². The zero-order chi connectivity index (χ0) is 15.6. The van der Waals surface area contributed by atoms with E-state index in [1.807, 2.05) is 11.8 Å². The van der Waals surface area contributed by atoms with Crippen molar-refractivity contribution in [3.05, 3.63) is 18.0 Å². The molecule has 1 fully saturated rings. The molecule has 21 heavy (non-hydrogen) atoms. The van der Waals surface area contributed by atoms with Crippen molar-refractivity contribution < 1.29 is 13.2 Å². The Bertz CT molecular complexity index is 621. The van der Waals surface area contributed by atoms with Gasteiger partial charge in [-0.25, -0.2) is 13.6 Å². The first kappa shape index (κ1) is 16.0. The van der Waals surface area contributed by atoms with Gasteiger partial charge in [-0.15, -0.1) is 0 Å². The van der Waals surface area contributed by atoms with Crippen molar-refractivity contribution in [3.63, 3.8) is 0 Å². The number of nitrogens with two attached hydrogens (primary N) is 1. The van der Waals surface area contributed by atoms with E-state index in [-0.39, 0.29) is 16.8 Å². The molecule has 7 heteroatoms. The first-order chi connectivity index (χ1) is 9.88. The second-order valence-corrected chi connectivity index (χ2v) is 7.06. The number of likely N-dealkylation sites (tertiary alicyclic amines) is 1. The summed E-state index contributed by atoms with van der Waals surface area (Å²) in [6.07, 6.45) is 5.21. The molecule has 0 spiro atoms. The zero-order valence-corrected chi connectivity index (χ0v) is 13.4. The molecule has 1 aliphatic heterocycles. The topological polar surface area (TPSA) is 85.4 Å². The van der Waals surface area contributed by atoms with Gasteiger partial charge in [0.05, 0.1) is 0 Å². The molecule has 0 saturated carbocycles. The van der Waals surface area contributed by atoms with Gasteiger partial charge < -0.3 is 9.47 Å². The molecule has 1 unspecified atom stereocenters. The van der Waals surface area contributed by atoms with Crippen LogP contribution in [0.1, 0.15) is 50.0 Å². The van der Waals surface area contributed by atoms with Crippen LogP contribution in [0.25, 0.3) is 0 Å². The number of nitrogens with zero attached hydrogens (tertiary/aromatic N) is 2. The van der Waals surface area contributed by atoms with Crippen molar-refractivity contribution in [2.75, 3.05) is 6.54 Å². The molecule has 1 aliphatic rings. The minimum atomic E-state index is -3.79. The molecular weight excluding hydrogens is 290 g/mol. The highest BCUT2D eigenvalue weighted by Crippen LogP contribution is 2.24. The van der Waals surface area contributed by atoms with E-state index in [1.165, 1.54) is 12.3 Å². The summed E-state index contributed by atoms with van der Waals surface area (Å²) in [5.41, 5.74) is 0.418. The van der Waals surface area contributed by atoms with Crippen molar-refractivity contribution in [1.82, 2.24) is 9.47 Å². The third-order valence-electron chi connectivity index (χ3n) is 3.99. The summed E-state index contributed by atoms with van der Waals surface area (Å²) in [6.45, 7) is 5.38. The Hall–Kier alpha value is -1.34. The summed E-state index contributed by atoms with van der Waals surface area (Å²) in [5, 5.41) is 5.18. The van der Waals surface area contributed by atoms with Crippen molar-refractivity contribution in [1.29, 1.82) is 0 Å². The molecule has 2 rings (SSSR count). The van der Waals surface area contributed by atoms with Gasteiger partial charge in [0.2, 0.25) is 10.0 Å². The normalized spacial score (nSPS) is 19.2. The Morgan fingerprint density at radius 2 is 2.14 bits per heavy atom. The highest BCUT2D eigenvalue weighted by Gasteiger charge is 2.30. The molecular formula is C14H23N3O3S. The Kier molecular flexibility index (Phi) is 4.73. The van der Waals surface area contributed by atoms with E-state index in [4.69, 9.17) is 5.14 Å². The average molecular weight is 313 g/mol. The lowest BCUT2D eigenvalue weighted by Crippen LogP contribution is -2.36. The van der Waals surface area contributed by atoms with Crippen LogP contribution in [0.2, 0.25) is 0 Å². The largest absolute Gasteiger partial charge is 0.342 e. The first-order valence-corrected chi connectivity index (χ1v) is 8.97. The summed E-state index contributed by atoms with van der Waals surface area (Å²) >= 11 is 0. The van der Waals surface area contributed by atoms with Gasteiger partial charge >= 0.3 is 0 Å². The quantitative estimate of drug-likeness (QED) is 0.895. The summed E-state index contributed by atoms with van der Waals surface area (Å²) in [7, 11) is -3.79. The minimum Gasteiger partial charge on any atom is -0.342 e. The molecule has 0 radical (unpaired) electrons. The maximum Gasteiger partial charge on any atom is 0.270 e. The molecule has 0 bridgehead atoms. The van der Waals surface area contributed by atoms with Crippen molar-refractivity contribution in [3.8, 4) is 0 Å². The van der Waals surface area contributed by atoms with E-state index in [1.54, 1.807) is 4.57 Å². The van der Waals surface area contributed by atoms with Gasteiger partial charge in [-0.3, -0.25) is 4.79 Å². The van der Waals surface area contributed by atoms with Crippen LogP contribution in [-0.2, 0) is 16.6 Å². The molecule has 0 aliphatic carbocycles. The van der Waals surface area contributed by atoms with E-state index in [9.17, 15) is 13.2 Å². The Labute approximate surface area is 126 Å². The standard InChI is InChI=1S/C14H23N3O3S/c1-3-7-16-10-12(21(15,19)20)9-13(16)14(18)17-8-5-6-11(17)4-2/h9-11H,3-8H2,1-2H3,(H2,15,19,20). The van der Waals surface area contributed by atoms with Crippen LogP contribution in [0.4, 0.5) is 0 Å². The molecule has 1 amide bonds. The predicted octanol–water partition coefficient (Wildman–Crippen LogP) is 1.56. The monoisotopic (exact) mass is 313 g/mol. The lowest BCUT2D eigenvalue weighted by Gasteiger charge is -2.24. The second-order valence-electron chi connectivity index (χ2n) is 5.50. The predicted molar refractivity (Wildman–Crippen MR) is 80.4 cm³/mol. The van der Waals surface area contributed by atoms with E-state index in [0.29, 0.717) is 12.2 Å². The van der Waals surface area contributed by atoms with Crippen LogP contribution >= 0.6 is 0 Å². The number of primary sulfonamides is 1. The number of amides is 1. The Morgan fingerprint density at radius 3 is 2.71 bits per heavy atom. The van der Waals surface area contributed by atoms with Gasteiger partial charge in [-0.1, -0.05) is 13.8 Å². The maximum atomic E-state index is 12.7. The molecule has 1 atom stereocenters. The fourth-order valence-electron chi connectivity index (χ4n) is 2.92. The highest BCUT2D eigenvalue weighted by molar-refractivity contribution is 7.89. The molecule has 1 saturated heterocycles. The van der Waals surface area contributed by atoms with Crippen molar-refractivity contribution in [2.45, 2.75) is 57.0 Å². The summed E-state index contributed by atoms with van der Waals surface area (Å²) in [4.78, 5) is 14.6. The summed E-state index contributed by atoms with van der Waals surface area (Å²) in [6, 6.07) is 1.65. The van der Waals surface area contributed by atoms with Gasteiger partial charge in [-0.2, -0.15) is 0 Å². The Balaban J connectivity index is 2.37. The number of carbonyl (C=O) groups is 1. The van der Waals surface area contributed by atoms with Crippen LogP contribution in [0.5, 0.6) is 0 Å². The molecule has 6 nitrogen and oxygen atoms in total. The first-order valence-electron chi connectivity index (χ1n) is 7.42. The molecule has 0 aromatic carbocycles. The number of hydrogen-bond acceptors (Lipinski definition) is 3. The maximum absolute atomic E-state index is 12.7. The van der Waals surface area contributed by atoms with Crippen LogP contribution in [-0.4, -0.2) is 36.4 Å². The van der Waals surface area contributed by atoms with E-state index in [0.717, 1.165) is 32.2 Å². The van der Waals surface area contributed by atoms with Crippen molar-refractivity contribution in [2.24, 2.45) is 5.14 Å². The third kappa shape index (κ3) is 3.29. The molecule has 2 heterocycles. The number of hydrogen-bond donors (Lipinski definition) is 1. The van der Waals surface area contributed by atoms with E-state index >= 15 is 0 Å². The Morgan fingerprint density at radius 1 is 1.43 bits per heavy atom. The number of aryl methyl sites for hydroxylation is 1. The number of rotatable bonds is 5. The lowest BCUT2D eigenvalue weighted by atomic mass is 10.1. The fraction of sp³-hybridized carbons (Fsp3) is 0.643. The van der Waals surface area contributed by atoms with Gasteiger partial charge in [0.15, 0.2) is 0 Å². The number of sulfonamides is 1. The van der Waals surface area contributed by atoms with Gasteiger partial charge in [0.25, 0.3) is 5.91 Å². The van der Waals surface area contributed by atoms with E-state index in [2.05, 4.69) is 6.92 Å². The minimum absolute atomic E-state index is 0.00606. The zero-order valence-electron chi connectivity index (χ0n) is 12.6. The van der Waals surface area contributed by atoms with Crippen LogP contribution in [0.3, 0.4) is 0 Å². The van der Waals surface area contributed by atoms with E-state index < -0.39 is 10.0 Å². The highest BCUT2D eigenvalue weighted by atomic mass is 32.2. The van der Waals surface area contributed by atoms with Gasteiger partial charge in [-0.05, 0) is 31.7 Å². The summed E-state index contributed by atoms with van der Waals surface area (Å²) in [5.74, 6) is -0.0947. The summed E-state index contributed by atoms with van der Waals surface area (Å²) < 4.78 is 24.7. The number of carbonyl (C=O) groups excluding carboxylic acids is 1. The molecule has 1 aromatic rings. The lowest BCUT2D eigenvalue weighted by molar-refractivity contribution is 0.0722. The molecule has 1 aromatic heterocycles.